The zero-order chi connectivity index (χ0) is 19.2. The summed E-state index contributed by atoms with van der Waals surface area (Å²) in [6.07, 6.45) is -1.17. The first-order valence-electron chi connectivity index (χ1n) is 8.44. The van der Waals surface area contributed by atoms with E-state index in [4.69, 9.17) is 22.1 Å². The minimum atomic E-state index is -2.74. The highest BCUT2D eigenvalue weighted by Gasteiger charge is 2.63. The van der Waals surface area contributed by atoms with Crippen molar-refractivity contribution in [3.63, 3.8) is 0 Å². The maximum absolute atomic E-state index is 14.1. The molecule has 140 valence electrons. The van der Waals surface area contributed by atoms with Gasteiger partial charge in [0.25, 0.3) is 12.4 Å². The number of halogens is 3. The summed E-state index contributed by atoms with van der Waals surface area (Å²) in [7, 11) is 0. The van der Waals surface area contributed by atoms with Gasteiger partial charge in [0.1, 0.15) is 11.8 Å². The van der Waals surface area contributed by atoms with Crippen LogP contribution in [-0.4, -0.2) is 29.3 Å². The van der Waals surface area contributed by atoms with Crippen molar-refractivity contribution in [1.82, 2.24) is 4.98 Å². The highest BCUT2D eigenvalue weighted by molar-refractivity contribution is 6.30. The van der Waals surface area contributed by atoms with Crippen LogP contribution in [0.3, 0.4) is 0 Å². The number of nitrogens with zero attached hydrogens (tertiary/aromatic N) is 2. The number of carbonyl (C=O) groups excluding carboxylic acids is 1. The Morgan fingerprint density at radius 2 is 2.19 bits per heavy atom. The average Bonchev–Trinajstić information content (AvgIpc) is 3.41. The average molecular weight is 392 g/mol. The lowest BCUT2D eigenvalue weighted by atomic mass is 9.84. The maximum atomic E-state index is 14.1. The van der Waals surface area contributed by atoms with Crippen molar-refractivity contribution in [3.05, 3.63) is 64.4 Å². The van der Waals surface area contributed by atoms with E-state index in [1.807, 2.05) is 0 Å². The Labute approximate surface area is 159 Å². The summed E-state index contributed by atoms with van der Waals surface area (Å²) in [5.41, 5.74) is 5.11. The summed E-state index contributed by atoms with van der Waals surface area (Å²) in [4.78, 5) is 20.4. The number of ether oxygens (including phenoxy) is 1. The molecule has 2 aromatic rings. The Morgan fingerprint density at radius 1 is 1.37 bits per heavy atom. The van der Waals surface area contributed by atoms with Gasteiger partial charge >= 0.3 is 0 Å². The number of benzene rings is 1. The third-order valence-electron chi connectivity index (χ3n) is 4.96. The molecular weight excluding hydrogens is 376 g/mol. The molecule has 2 N–H and O–H groups in total. The van der Waals surface area contributed by atoms with Gasteiger partial charge in [-0.3, -0.25) is 9.78 Å². The van der Waals surface area contributed by atoms with Crippen LogP contribution in [-0.2, 0) is 16.7 Å². The van der Waals surface area contributed by atoms with Crippen LogP contribution in [0, 0.1) is 5.92 Å². The number of Topliss-reactive ketones (excluding diaryl/α,β-unsaturated/α-hetero) is 1. The van der Waals surface area contributed by atoms with Crippen molar-refractivity contribution >= 4 is 23.4 Å². The molecule has 0 radical (unpaired) electrons. The number of amidine groups is 1. The largest absolute Gasteiger partial charge is 0.462 e. The molecule has 0 unspecified atom stereocenters. The Kier molecular flexibility index (Phi) is 4.34. The summed E-state index contributed by atoms with van der Waals surface area (Å²) < 4.78 is 33.5. The zero-order valence-corrected chi connectivity index (χ0v) is 14.9. The fourth-order valence-electron chi connectivity index (χ4n) is 3.57. The number of rotatable bonds is 5. The van der Waals surface area contributed by atoms with E-state index in [9.17, 15) is 13.6 Å². The van der Waals surface area contributed by atoms with E-state index in [2.05, 4.69) is 9.98 Å². The van der Waals surface area contributed by atoms with E-state index in [1.54, 1.807) is 30.3 Å². The first kappa shape index (κ1) is 17.9. The van der Waals surface area contributed by atoms with Crippen molar-refractivity contribution in [2.75, 3.05) is 0 Å². The molecule has 2 aliphatic rings. The van der Waals surface area contributed by atoms with E-state index in [1.165, 1.54) is 12.3 Å². The van der Waals surface area contributed by atoms with Crippen molar-refractivity contribution in [3.8, 4) is 0 Å². The van der Waals surface area contributed by atoms with E-state index >= 15 is 0 Å². The first-order chi connectivity index (χ1) is 12.9. The molecule has 1 aliphatic heterocycles. The third kappa shape index (κ3) is 3.16. The number of ketones is 1. The van der Waals surface area contributed by atoms with Gasteiger partial charge in [-0.2, -0.15) is 0 Å². The number of hydrogen-bond donors (Lipinski definition) is 1. The minimum Gasteiger partial charge on any atom is -0.462 e. The van der Waals surface area contributed by atoms with Gasteiger partial charge < -0.3 is 10.5 Å². The van der Waals surface area contributed by atoms with Gasteiger partial charge in [-0.05, 0) is 29.7 Å². The fourth-order valence-corrected chi connectivity index (χ4v) is 3.69. The van der Waals surface area contributed by atoms with Crippen molar-refractivity contribution in [2.45, 2.75) is 30.9 Å². The molecule has 1 aromatic carbocycles. The van der Waals surface area contributed by atoms with Gasteiger partial charge in [0.15, 0.2) is 11.3 Å². The van der Waals surface area contributed by atoms with E-state index in [0.29, 0.717) is 22.6 Å². The summed E-state index contributed by atoms with van der Waals surface area (Å²) in [5.74, 6) is -0.650. The second-order valence-corrected chi connectivity index (χ2v) is 7.17. The first-order valence-corrected chi connectivity index (χ1v) is 8.82. The van der Waals surface area contributed by atoms with Gasteiger partial charge in [0.2, 0.25) is 0 Å². The van der Waals surface area contributed by atoms with Crippen LogP contribution < -0.4 is 5.73 Å². The normalized spacial score (nSPS) is 26.1. The second kappa shape index (κ2) is 6.56. The summed E-state index contributed by atoms with van der Waals surface area (Å²) in [6, 6.07) is 9.45. The zero-order valence-electron chi connectivity index (χ0n) is 14.1. The third-order valence-corrected chi connectivity index (χ3v) is 5.19. The lowest BCUT2D eigenvalue weighted by Gasteiger charge is -2.33. The lowest BCUT2D eigenvalue weighted by molar-refractivity contribution is 0.0196. The highest BCUT2D eigenvalue weighted by atomic mass is 35.5. The molecule has 0 spiro atoms. The topological polar surface area (TPSA) is 77.6 Å². The van der Waals surface area contributed by atoms with Gasteiger partial charge in [0.05, 0.1) is 5.02 Å². The number of aromatic nitrogens is 1. The van der Waals surface area contributed by atoms with Crippen LogP contribution in [0.4, 0.5) is 8.78 Å². The van der Waals surface area contributed by atoms with Crippen LogP contribution in [0.2, 0.25) is 5.02 Å². The molecule has 0 saturated heterocycles. The van der Waals surface area contributed by atoms with E-state index < -0.39 is 17.9 Å². The molecular formula is C19H16ClF2N3O2. The van der Waals surface area contributed by atoms with Crippen molar-refractivity contribution in [1.29, 1.82) is 0 Å². The summed E-state index contributed by atoms with van der Waals surface area (Å²) >= 11 is 5.78. The molecule has 1 fully saturated rings. The van der Waals surface area contributed by atoms with Gasteiger partial charge in [-0.25, -0.2) is 13.8 Å². The second-order valence-electron chi connectivity index (χ2n) is 6.74. The SMILES string of the molecule is NC1=N[C@@](c2cccc(CC(=O)c3ccc(Cl)cn3)c2)(C(F)F)[C@H]2C[C@H]2O1. The number of pyridine rings is 1. The summed E-state index contributed by atoms with van der Waals surface area (Å²) in [6.45, 7) is 0. The monoisotopic (exact) mass is 391 g/mol. The van der Waals surface area contributed by atoms with E-state index in [0.717, 1.165) is 0 Å². The minimum absolute atomic E-state index is 0.0333. The predicted molar refractivity (Wildman–Crippen MR) is 96.0 cm³/mol. The quantitative estimate of drug-likeness (QED) is 0.793. The van der Waals surface area contributed by atoms with Crippen LogP contribution in [0.1, 0.15) is 28.0 Å². The number of nitrogens with two attached hydrogens (primary N) is 1. The molecule has 8 heteroatoms. The fraction of sp³-hybridized carbons (Fsp3) is 0.316. The molecule has 27 heavy (non-hydrogen) atoms. The molecule has 5 nitrogen and oxygen atoms in total. The molecule has 3 atom stereocenters. The Morgan fingerprint density at radius 3 is 2.89 bits per heavy atom. The smallest absolute Gasteiger partial charge is 0.283 e. The summed E-state index contributed by atoms with van der Waals surface area (Å²) in [5, 5.41) is 0.432. The highest BCUT2D eigenvalue weighted by Crippen LogP contribution is 2.55. The molecule has 1 saturated carbocycles. The standard InChI is InChI=1S/C19H16ClF2N3O2/c20-12-4-5-14(24-9-12)15(26)7-10-2-1-3-11(6-10)19(17(21)22)13-8-16(13)27-18(23)25-19/h1-6,9,13,16-17H,7-8H2,(H2,23,25)/t13-,16+,19+/m0/s1. The molecule has 2 heterocycles. The Bertz CT molecular complexity index is 919. The molecule has 0 amide bonds. The number of aliphatic imine (C=N–C) groups is 1. The lowest BCUT2D eigenvalue weighted by Crippen LogP contribution is -2.42. The number of hydrogen-bond acceptors (Lipinski definition) is 5. The molecule has 1 aromatic heterocycles. The van der Waals surface area contributed by atoms with Crippen molar-refractivity contribution < 1.29 is 18.3 Å². The van der Waals surface area contributed by atoms with Crippen LogP contribution in [0.25, 0.3) is 0 Å². The number of alkyl halides is 2. The van der Waals surface area contributed by atoms with Crippen molar-refractivity contribution in [2.24, 2.45) is 16.6 Å². The predicted octanol–water partition coefficient (Wildman–Crippen LogP) is 3.35. The Hall–Kier alpha value is -2.54. The van der Waals surface area contributed by atoms with Crippen LogP contribution in [0.15, 0.2) is 47.6 Å². The van der Waals surface area contributed by atoms with E-state index in [-0.39, 0.29) is 30.0 Å². The van der Waals surface area contributed by atoms with Gasteiger partial charge in [0, 0.05) is 18.5 Å². The molecule has 4 rings (SSSR count). The van der Waals surface area contributed by atoms with Gasteiger partial charge in [-0.1, -0.05) is 35.9 Å². The maximum Gasteiger partial charge on any atom is 0.283 e. The van der Waals surface area contributed by atoms with Crippen LogP contribution >= 0.6 is 11.6 Å². The number of carbonyl (C=O) groups is 1. The molecule has 1 aliphatic carbocycles. The number of fused-ring (bicyclic) bond motifs is 1. The van der Waals surface area contributed by atoms with Gasteiger partial charge in [-0.15, -0.1) is 0 Å². The molecule has 0 bridgehead atoms. The Balaban J connectivity index is 1.65. The van der Waals surface area contributed by atoms with Crippen LogP contribution in [0.5, 0.6) is 0 Å².